The molecular formula is C20H36BN5O4. The zero-order valence-electron chi connectivity index (χ0n) is 17.8. The minimum absolute atomic E-state index is 0.0742. The van der Waals surface area contributed by atoms with Crippen LogP contribution in [-0.2, 0) is 9.47 Å². The molecule has 168 valence electrons. The van der Waals surface area contributed by atoms with Crippen LogP contribution in [-0.4, -0.2) is 86.9 Å². The van der Waals surface area contributed by atoms with E-state index in [0.717, 1.165) is 45.2 Å². The minimum Gasteiger partial charge on any atom is -0.374 e. The van der Waals surface area contributed by atoms with Crippen LogP contribution < -0.4 is 26.6 Å². The number of hydrogen-bond acceptors (Lipinski definition) is 9. The zero-order chi connectivity index (χ0) is 21.1. The Kier molecular flexibility index (Phi) is 7.49. The lowest BCUT2D eigenvalue weighted by Crippen LogP contribution is -2.69. The molecule has 0 aromatic rings. The normalized spacial score (nSPS) is 40.5. The van der Waals surface area contributed by atoms with Crippen LogP contribution in [0.5, 0.6) is 0 Å². The first-order valence-corrected chi connectivity index (χ1v) is 11.3. The molecule has 3 heterocycles. The monoisotopic (exact) mass is 421 g/mol. The third kappa shape index (κ3) is 6.02. The first kappa shape index (κ1) is 22.6. The molecule has 0 amide bonds. The highest BCUT2D eigenvalue weighted by Gasteiger charge is 2.44. The van der Waals surface area contributed by atoms with Gasteiger partial charge in [-0.15, -0.1) is 0 Å². The fraction of sp³-hybridized carbons (Fsp3) is 0.900. The van der Waals surface area contributed by atoms with Crippen molar-refractivity contribution in [1.82, 2.24) is 26.6 Å². The number of nitrogens with one attached hydrogen (secondary N) is 5. The van der Waals surface area contributed by atoms with E-state index in [0.29, 0.717) is 12.7 Å². The molecule has 2 saturated heterocycles. The van der Waals surface area contributed by atoms with Crippen LogP contribution in [0.25, 0.3) is 0 Å². The van der Waals surface area contributed by atoms with E-state index in [-0.39, 0.29) is 43.3 Å². The number of hydrogen-bond donors (Lipinski definition) is 7. The standard InChI is InChI=1S/C20H36BN5O4/c1-12-7-17(23-10-20(21,27)28)26-19(24-12)25-14-8-15(13-3-2-5-22-6-4-13)18-16(9-14)29-11-30-18/h4,12,14-19,22-28H,2-3,5-11H2,1H3. The van der Waals surface area contributed by atoms with Gasteiger partial charge >= 0.3 is 0 Å². The summed E-state index contributed by atoms with van der Waals surface area (Å²) >= 11 is 0. The van der Waals surface area contributed by atoms with Gasteiger partial charge in [0, 0.05) is 31.1 Å². The molecule has 0 spiro atoms. The summed E-state index contributed by atoms with van der Waals surface area (Å²) in [5, 5.41) is 36.0. The number of aliphatic hydroxyl groups is 2. The number of fused-ring (bicyclic) bond motifs is 1. The molecule has 2 radical (unpaired) electrons. The van der Waals surface area contributed by atoms with Crippen molar-refractivity contribution in [3.8, 4) is 0 Å². The first-order chi connectivity index (χ1) is 14.4. The molecule has 0 aromatic carbocycles. The lowest BCUT2D eigenvalue weighted by molar-refractivity contribution is -0.0849. The number of ether oxygens (including phenoxy) is 2. The molecule has 0 bridgehead atoms. The smallest absolute Gasteiger partial charge is 0.155 e. The molecular weight excluding hydrogens is 385 g/mol. The van der Waals surface area contributed by atoms with Crippen LogP contribution in [0.3, 0.4) is 0 Å². The van der Waals surface area contributed by atoms with Crippen LogP contribution in [0.1, 0.15) is 39.0 Å². The largest absolute Gasteiger partial charge is 0.374 e. The first-order valence-electron chi connectivity index (χ1n) is 11.3. The Bertz CT molecular complexity index is 604. The Morgan fingerprint density at radius 3 is 2.93 bits per heavy atom. The van der Waals surface area contributed by atoms with Crippen LogP contribution in [0, 0.1) is 5.92 Å². The highest BCUT2D eigenvalue weighted by Crippen LogP contribution is 2.39. The maximum atomic E-state index is 9.38. The lowest BCUT2D eigenvalue weighted by Gasteiger charge is -2.43. The van der Waals surface area contributed by atoms with Gasteiger partial charge in [-0.1, -0.05) is 11.6 Å². The van der Waals surface area contributed by atoms with Crippen LogP contribution >= 0.6 is 0 Å². The Balaban J connectivity index is 1.37. The highest BCUT2D eigenvalue weighted by atomic mass is 16.7. The Hall–Kier alpha value is -0.555. The van der Waals surface area contributed by atoms with Gasteiger partial charge in [-0.05, 0) is 45.6 Å². The van der Waals surface area contributed by atoms with Gasteiger partial charge in [-0.3, -0.25) is 21.3 Å². The van der Waals surface area contributed by atoms with Crippen LogP contribution in [0.15, 0.2) is 11.6 Å². The van der Waals surface area contributed by atoms with E-state index >= 15 is 0 Å². The number of rotatable bonds is 6. The molecule has 9 nitrogen and oxygen atoms in total. The predicted octanol–water partition coefficient (Wildman–Crippen LogP) is -1.62. The fourth-order valence-corrected chi connectivity index (χ4v) is 5.23. The summed E-state index contributed by atoms with van der Waals surface area (Å²) < 4.78 is 11.9. The van der Waals surface area contributed by atoms with Crippen molar-refractivity contribution >= 4 is 7.85 Å². The van der Waals surface area contributed by atoms with E-state index in [4.69, 9.17) is 17.3 Å². The molecule has 7 N–H and O–H groups in total. The highest BCUT2D eigenvalue weighted by molar-refractivity contribution is 6.13. The summed E-state index contributed by atoms with van der Waals surface area (Å²) in [5.74, 6) is 0.375. The van der Waals surface area contributed by atoms with Gasteiger partial charge in [0.05, 0.1) is 18.4 Å². The summed E-state index contributed by atoms with van der Waals surface area (Å²) in [7, 11) is 5.27. The van der Waals surface area contributed by atoms with Gasteiger partial charge < -0.3 is 25.0 Å². The predicted molar refractivity (Wildman–Crippen MR) is 113 cm³/mol. The van der Waals surface area contributed by atoms with Crippen molar-refractivity contribution in [2.24, 2.45) is 5.92 Å². The molecule has 30 heavy (non-hydrogen) atoms. The molecule has 0 aromatic heterocycles. The average molecular weight is 421 g/mol. The van der Waals surface area contributed by atoms with E-state index in [2.05, 4.69) is 39.6 Å². The molecule has 4 aliphatic rings. The molecule has 7 atom stereocenters. The van der Waals surface area contributed by atoms with E-state index in [1.54, 1.807) is 0 Å². The van der Waals surface area contributed by atoms with Crippen molar-refractivity contribution in [3.63, 3.8) is 0 Å². The van der Waals surface area contributed by atoms with E-state index in [9.17, 15) is 10.2 Å². The molecule has 10 heteroatoms. The average Bonchev–Trinajstić information content (AvgIpc) is 2.98. The van der Waals surface area contributed by atoms with Crippen LogP contribution in [0.2, 0.25) is 0 Å². The second kappa shape index (κ2) is 9.93. The molecule has 1 saturated carbocycles. The third-order valence-electron chi connectivity index (χ3n) is 6.58. The van der Waals surface area contributed by atoms with Gasteiger partial charge in [-0.2, -0.15) is 0 Å². The van der Waals surface area contributed by atoms with Crippen molar-refractivity contribution in [3.05, 3.63) is 11.6 Å². The summed E-state index contributed by atoms with van der Waals surface area (Å²) in [4.78, 5) is 0. The van der Waals surface area contributed by atoms with E-state index in [1.165, 1.54) is 5.57 Å². The second-order valence-corrected chi connectivity index (χ2v) is 9.20. The molecule has 1 aliphatic carbocycles. The van der Waals surface area contributed by atoms with E-state index < -0.39 is 5.69 Å². The van der Waals surface area contributed by atoms with Crippen LogP contribution in [0.4, 0.5) is 0 Å². The van der Waals surface area contributed by atoms with E-state index in [1.807, 2.05) is 0 Å². The molecule has 4 rings (SSSR count). The van der Waals surface area contributed by atoms with Gasteiger partial charge in [0.25, 0.3) is 0 Å². The second-order valence-electron chi connectivity index (χ2n) is 9.20. The van der Waals surface area contributed by atoms with Gasteiger partial charge in [0.15, 0.2) is 7.85 Å². The van der Waals surface area contributed by atoms with Gasteiger partial charge in [0.2, 0.25) is 0 Å². The summed E-state index contributed by atoms with van der Waals surface area (Å²) in [5.41, 5.74) is -0.722. The maximum Gasteiger partial charge on any atom is 0.155 e. The summed E-state index contributed by atoms with van der Waals surface area (Å²) in [6.45, 7) is 4.39. The molecule has 3 fully saturated rings. The fourth-order valence-electron chi connectivity index (χ4n) is 5.23. The zero-order valence-corrected chi connectivity index (χ0v) is 17.8. The van der Waals surface area contributed by atoms with Gasteiger partial charge in [0.1, 0.15) is 18.8 Å². The molecule has 3 aliphatic heterocycles. The Morgan fingerprint density at radius 2 is 2.10 bits per heavy atom. The van der Waals surface area contributed by atoms with Crippen molar-refractivity contribution in [2.45, 2.75) is 81.5 Å². The minimum atomic E-state index is -2.22. The van der Waals surface area contributed by atoms with Crippen molar-refractivity contribution in [1.29, 1.82) is 0 Å². The lowest BCUT2D eigenvalue weighted by atomic mass is 9.76. The van der Waals surface area contributed by atoms with Crippen molar-refractivity contribution in [2.75, 3.05) is 26.4 Å². The topological polar surface area (TPSA) is 119 Å². The SMILES string of the molecule is [B]C(O)(O)CNC1CC(C)NC(NC2CC3OCOC3C(C3=CCNCCC3)C2)N1. The maximum absolute atomic E-state index is 9.38. The Labute approximate surface area is 180 Å². The quantitative estimate of drug-likeness (QED) is 0.154. The van der Waals surface area contributed by atoms with Gasteiger partial charge in [-0.25, -0.2) is 0 Å². The summed E-state index contributed by atoms with van der Waals surface area (Å²) in [6.07, 6.45) is 7.47. The molecule has 7 unspecified atom stereocenters. The van der Waals surface area contributed by atoms with Crippen molar-refractivity contribution < 1.29 is 19.7 Å². The summed E-state index contributed by atoms with van der Waals surface area (Å²) in [6, 6.07) is 0.551. The Morgan fingerprint density at radius 1 is 1.23 bits per heavy atom. The third-order valence-corrected chi connectivity index (χ3v) is 6.58.